The van der Waals surface area contributed by atoms with Crippen LogP contribution in [0.2, 0.25) is 0 Å². The van der Waals surface area contributed by atoms with Crippen molar-refractivity contribution >= 4 is 18.2 Å². The first kappa shape index (κ1) is 14.2. The van der Waals surface area contributed by atoms with Crippen LogP contribution in [0.25, 0.3) is 0 Å². The van der Waals surface area contributed by atoms with Crippen molar-refractivity contribution in [3.8, 4) is 0 Å². The number of hydrogen-bond acceptors (Lipinski definition) is 5. The Kier molecular flexibility index (Phi) is 3.38. The van der Waals surface area contributed by atoms with Gasteiger partial charge in [-0.1, -0.05) is 37.3 Å². The second-order valence-electron chi connectivity index (χ2n) is 5.04. The van der Waals surface area contributed by atoms with E-state index in [1.807, 2.05) is 6.07 Å². The van der Waals surface area contributed by atoms with Gasteiger partial charge in [0.05, 0.1) is 19.6 Å². The molecule has 1 aromatic carbocycles. The van der Waals surface area contributed by atoms with E-state index in [9.17, 15) is 14.4 Å². The van der Waals surface area contributed by atoms with Crippen LogP contribution in [0.4, 0.5) is 0 Å². The molecule has 0 heterocycles. The highest BCUT2D eigenvalue weighted by Gasteiger charge is 2.84. The summed E-state index contributed by atoms with van der Waals surface area (Å²) in [5.74, 6) is -2.06. The van der Waals surface area contributed by atoms with Gasteiger partial charge in [-0.05, 0) is 5.56 Å². The summed E-state index contributed by atoms with van der Waals surface area (Å²) in [6.45, 7) is 1.57. The van der Waals surface area contributed by atoms with Crippen molar-refractivity contribution in [2.45, 2.75) is 12.8 Å². The number of aldehydes is 1. The van der Waals surface area contributed by atoms with E-state index in [0.29, 0.717) is 6.29 Å². The molecule has 1 aromatic rings. The molecule has 1 fully saturated rings. The highest BCUT2D eigenvalue weighted by Crippen LogP contribution is 2.74. The lowest BCUT2D eigenvalue weighted by atomic mass is 9.95. The zero-order valence-electron chi connectivity index (χ0n) is 11.6. The molecule has 0 bridgehead atoms. The van der Waals surface area contributed by atoms with E-state index in [1.54, 1.807) is 31.2 Å². The molecule has 20 heavy (non-hydrogen) atoms. The minimum absolute atomic E-state index is 0.575. The number of methoxy groups -OCH3 is 2. The molecular weight excluding hydrogens is 260 g/mol. The van der Waals surface area contributed by atoms with Gasteiger partial charge in [-0.15, -0.1) is 0 Å². The highest BCUT2D eigenvalue weighted by atomic mass is 16.5. The molecule has 5 heteroatoms. The van der Waals surface area contributed by atoms with E-state index in [2.05, 4.69) is 0 Å². The van der Waals surface area contributed by atoms with Crippen LogP contribution in [-0.2, 0) is 23.9 Å². The maximum absolute atomic E-state index is 12.2. The van der Waals surface area contributed by atoms with Crippen molar-refractivity contribution in [2.24, 2.45) is 10.8 Å². The average molecular weight is 276 g/mol. The van der Waals surface area contributed by atoms with Crippen LogP contribution in [0, 0.1) is 10.8 Å². The molecule has 1 unspecified atom stereocenters. The van der Waals surface area contributed by atoms with E-state index in [0.717, 1.165) is 5.56 Å². The summed E-state index contributed by atoms with van der Waals surface area (Å²) in [4.78, 5) is 35.9. The van der Waals surface area contributed by atoms with Crippen molar-refractivity contribution in [2.75, 3.05) is 14.2 Å². The van der Waals surface area contributed by atoms with E-state index in [4.69, 9.17) is 9.47 Å². The molecule has 5 nitrogen and oxygen atoms in total. The van der Waals surface area contributed by atoms with E-state index in [1.165, 1.54) is 14.2 Å². The summed E-state index contributed by atoms with van der Waals surface area (Å²) in [5, 5.41) is 0. The zero-order chi connectivity index (χ0) is 15.0. The van der Waals surface area contributed by atoms with Crippen LogP contribution in [0.3, 0.4) is 0 Å². The number of carbonyl (C=O) groups excluding carboxylic acids is 3. The lowest BCUT2D eigenvalue weighted by Gasteiger charge is -2.14. The number of hydrogen-bond donors (Lipinski definition) is 0. The molecule has 0 amide bonds. The molecule has 106 valence electrons. The lowest BCUT2D eigenvalue weighted by Crippen LogP contribution is -2.34. The summed E-state index contributed by atoms with van der Waals surface area (Å²) in [6.07, 6.45) is 0.637. The second kappa shape index (κ2) is 4.74. The highest BCUT2D eigenvalue weighted by molar-refractivity contribution is 6.11. The normalized spacial score (nSPS) is 26.4. The topological polar surface area (TPSA) is 69.7 Å². The molecule has 0 aromatic heterocycles. The Labute approximate surface area is 116 Å². The van der Waals surface area contributed by atoms with Crippen molar-refractivity contribution in [1.82, 2.24) is 0 Å². The molecule has 1 aliphatic rings. The summed E-state index contributed by atoms with van der Waals surface area (Å²) >= 11 is 0. The molecule has 0 spiro atoms. The van der Waals surface area contributed by atoms with Crippen LogP contribution < -0.4 is 0 Å². The number of ether oxygens (including phenoxy) is 2. The van der Waals surface area contributed by atoms with E-state index in [-0.39, 0.29) is 0 Å². The standard InChI is InChI=1S/C15H16O5/c1-14(9-16)11(10-7-5-4-6-8-10)15(14,12(17)19-2)13(18)20-3/h4-9,11H,1-3H3/t11-,14?/m1/s1. The minimum Gasteiger partial charge on any atom is -0.468 e. The maximum atomic E-state index is 12.2. The van der Waals surface area contributed by atoms with Crippen LogP contribution >= 0.6 is 0 Å². The first-order valence-electron chi connectivity index (χ1n) is 6.18. The van der Waals surface area contributed by atoms with Gasteiger partial charge in [0.1, 0.15) is 6.29 Å². The van der Waals surface area contributed by atoms with Gasteiger partial charge in [0.25, 0.3) is 0 Å². The van der Waals surface area contributed by atoms with Crippen LogP contribution in [0.5, 0.6) is 0 Å². The smallest absolute Gasteiger partial charge is 0.324 e. The molecule has 1 aliphatic carbocycles. The molecule has 0 saturated heterocycles. The Morgan fingerprint density at radius 2 is 1.60 bits per heavy atom. The number of esters is 2. The van der Waals surface area contributed by atoms with Crippen LogP contribution in [0.1, 0.15) is 18.4 Å². The van der Waals surface area contributed by atoms with E-state index < -0.39 is 28.7 Å². The summed E-state index contributed by atoms with van der Waals surface area (Å²) in [7, 11) is 2.39. The van der Waals surface area contributed by atoms with Gasteiger partial charge in [0, 0.05) is 5.92 Å². The lowest BCUT2D eigenvalue weighted by molar-refractivity contribution is -0.164. The Morgan fingerprint density at radius 3 is 2.00 bits per heavy atom. The first-order chi connectivity index (χ1) is 9.50. The molecule has 2 rings (SSSR count). The Balaban J connectivity index is 2.59. The van der Waals surface area contributed by atoms with Crippen LogP contribution in [0.15, 0.2) is 30.3 Å². The van der Waals surface area contributed by atoms with Gasteiger partial charge in [-0.25, -0.2) is 0 Å². The molecule has 0 N–H and O–H groups in total. The van der Waals surface area contributed by atoms with Gasteiger partial charge >= 0.3 is 11.9 Å². The minimum atomic E-state index is -1.60. The molecule has 0 radical (unpaired) electrons. The third-order valence-electron chi connectivity index (χ3n) is 4.19. The number of rotatable bonds is 4. The SMILES string of the molecule is COC(=O)C1(C(=O)OC)[C@H](c2ccccc2)C1(C)C=O. The number of benzene rings is 1. The summed E-state index contributed by atoms with van der Waals surface area (Å²) in [6, 6.07) is 8.96. The summed E-state index contributed by atoms with van der Waals surface area (Å²) < 4.78 is 9.50. The van der Waals surface area contributed by atoms with Crippen molar-refractivity contribution < 1.29 is 23.9 Å². The Hall–Kier alpha value is -2.17. The molecule has 2 atom stereocenters. The Bertz CT molecular complexity index is 535. The second-order valence-corrected chi connectivity index (χ2v) is 5.04. The van der Waals surface area contributed by atoms with Crippen LogP contribution in [-0.4, -0.2) is 32.4 Å². The third-order valence-corrected chi connectivity index (χ3v) is 4.19. The predicted molar refractivity (Wildman–Crippen MR) is 69.8 cm³/mol. The Morgan fingerprint density at radius 1 is 1.10 bits per heavy atom. The quantitative estimate of drug-likeness (QED) is 0.471. The van der Waals surface area contributed by atoms with Gasteiger partial charge < -0.3 is 14.3 Å². The monoisotopic (exact) mass is 276 g/mol. The number of carbonyl (C=O) groups is 3. The van der Waals surface area contributed by atoms with Gasteiger partial charge in [0.15, 0.2) is 5.41 Å². The van der Waals surface area contributed by atoms with Crippen molar-refractivity contribution in [3.63, 3.8) is 0 Å². The largest absolute Gasteiger partial charge is 0.468 e. The van der Waals surface area contributed by atoms with Gasteiger partial charge in [-0.2, -0.15) is 0 Å². The molecule has 0 aliphatic heterocycles. The van der Waals surface area contributed by atoms with Crippen molar-refractivity contribution in [1.29, 1.82) is 0 Å². The van der Waals surface area contributed by atoms with Crippen molar-refractivity contribution in [3.05, 3.63) is 35.9 Å². The molecule has 1 saturated carbocycles. The fraction of sp³-hybridized carbons (Fsp3) is 0.400. The summed E-state index contributed by atoms with van der Waals surface area (Å²) in [5.41, 5.74) is -2.02. The zero-order valence-corrected chi connectivity index (χ0v) is 11.6. The van der Waals surface area contributed by atoms with Gasteiger partial charge in [0.2, 0.25) is 0 Å². The van der Waals surface area contributed by atoms with Gasteiger partial charge in [-0.3, -0.25) is 9.59 Å². The fourth-order valence-corrected chi connectivity index (χ4v) is 3.12. The molecular formula is C15H16O5. The maximum Gasteiger partial charge on any atom is 0.324 e. The predicted octanol–water partition coefficient (Wildman–Crippen LogP) is 1.32. The third kappa shape index (κ3) is 1.52. The first-order valence-corrected chi connectivity index (χ1v) is 6.18. The van der Waals surface area contributed by atoms with E-state index >= 15 is 0 Å². The average Bonchev–Trinajstić information content (AvgIpc) is 3.08. The fourth-order valence-electron chi connectivity index (χ4n) is 3.12.